The molecule has 8 nitrogen and oxygen atoms in total. The van der Waals surface area contributed by atoms with Crippen molar-refractivity contribution in [3.05, 3.63) is 131 Å². The summed E-state index contributed by atoms with van der Waals surface area (Å²) in [6, 6.07) is 26.4. The average molecular weight is 624 g/mol. The number of amides is 3. The summed E-state index contributed by atoms with van der Waals surface area (Å²) >= 11 is 1.31. The van der Waals surface area contributed by atoms with E-state index < -0.39 is 35.7 Å². The Morgan fingerprint density at radius 1 is 0.795 bits per heavy atom. The molecule has 4 rings (SSSR count). The van der Waals surface area contributed by atoms with Crippen molar-refractivity contribution in [3.8, 4) is 11.5 Å². The molecule has 0 fully saturated rings. The third-order valence-electron chi connectivity index (χ3n) is 6.19. The van der Waals surface area contributed by atoms with Crippen LogP contribution in [0.15, 0.2) is 109 Å². The number of nitrogens with zero attached hydrogens (tertiary/aromatic N) is 1. The van der Waals surface area contributed by atoms with Gasteiger partial charge in [-0.3, -0.25) is 10.2 Å². The Balaban J connectivity index is 1.48. The van der Waals surface area contributed by atoms with Gasteiger partial charge in [0.15, 0.2) is 0 Å². The van der Waals surface area contributed by atoms with Gasteiger partial charge in [-0.05, 0) is 59.7 Å². The van der Waals surface area contributed by atoms with Crippen molar-refractivity contribution >= 4 is 29.7 Å². The van der Waals surface area contributed by atoms with E-state index in [9.17, 15) is 32.7 Å². The molecule has 12 heteroatoms. The van der Waals surface area contributed by atoms with Gasteiger partial charge in [-0.25, -0.2) is 14.6 Å². The molecule has 3 amide bonds. The predicted octanol–water partition coefficient (Wildman–Crippen LogP) is 6.74. The number of carbonyl (C=O) groups excluding carboxylic acids is 2. The van der Waals surface area contributed by atoms with Crippen molar-refractivity contribution in [1.29, 1.82) is 0 Å². The minimum Gasteiger partial charge on any atom is -0.480 e. The second-order valence-electron chi connectivity index (χ2n) is 9.50. The van der Waals surface area contributed by atoms with Gasteiger partial charge in [-0.1, -0.05) is 60.7 Å². The van der Waals surface area contributed by atoms with E-state index in [0.29, 0.717) is 22.8 Å². The SMILES string of the molecule is O=C(NN(Cc1ccc(Oc2ccccc2)cc1)C(=O)NC(CSCc1ccccc1)C(=O)O)c1ccc(C(F)(F)F)cc1. The molecule has 4 aromatic carbocycles. The van der Waals surface area contributed by atoms with E-state index in [1.807, 2.05) is 48.5 Å². The van der Waals surface area contributed by atoms with Gasteiger partial charge in [0.05, 0.1) is 12.1 Å². The number of halogens is 3. The number of carboxylic acids is 1. The fourth-order valence-electron chi connectivity index (χ4n) is 3.90. The molecule has 0 aliphatic rings. The number of ether oxygens (including phenoxy) is 1. The van der Waals surface area contributed by atoms with Crippen LogP contribution in [0.5, 0.6) is 11.5 Å². The normalized spacial score (nSPS) is 11.7. The molecular weight excluding hydrogens is 595 g/mol. The number of rotatable bonds is 11. The smallest absolute Gasteiger partial charge is 0.416 e. The fourth-order valence-corrected chi connectivity index (χ4v) is 4.91. The first-order valence-electron chi connectivity index (χ1n) is 13.3. The van der Waals surface area contributed by atoms with Crippen molar-refractivity contribution < 1.29 is 37.4 Å². The minimum atomic E-state index is -4.58. The summed E-state index contributed by atoms with van der Waals surface area (Å²) in [6.07, 6.45) is -4.58. The molecule has 0 saturated heterocycles. The van der Waals surface area contributed by atoms with Crippen molar-refractivity contribution in [2.45, 2.75) is 24.5 Å². The number of carbonyl (C=O) groups is 3. The lowest BCUT2D eigenvalue weighted by Crippen LogP contribution is -2.54. The van der Waals surface area contributed by atoms with Crippen LogP contribution in [0.25, 0.3) is 0 Å². The summed E-state index contributed by atoms with van der Waals surface area (Å²) in [5.41, 5.74) is 2.87. The number of aliphatic carboxylic acids is 1. The van der Waals surface area contributed by atoms with Gasteiger partial charge in [0.25, 0.3) is 5.91 Å². The van der Waals surface area contributed by atoms with Crippen LogP contribution >= 0.6 is 11.8 Å². The summed E-state index contributed by atoms with van der Waals surface area (Å²) in [7, 11) is 0. The molecule has 228 valence electrons. The predicted molar refractivity (Wildman–Crippen MR) is 160 cm³/mol. The Hall–Kier alpha value is -4.97. The monoisotopic (exact) mass is 623 g/mol. The zero-order valence-electron chi connectivity index (χ0n) is 23.2. The van der Waals surface area contributed by atoms with Crippen LogP contribution in [0, 0.1) is 0 Å². The Labute approximate surface area is 255 Å². The van der Waals surface area contributed by atoms with Crippen molar-refractivity contribution in [1.82, 2.24) is 15.8 Å². The van der Waals surface area contributed by atoms with Crippen LogP contribution in [0.4, 0.5) is 18.0 Å². The molecule has 0 aromatic heterocycles. The number of carboxylic acid groups (broad SMARTS) is 1. The maximum absolute atomic E-state index is 13.3. The van der Waals surface area contributed by atoms with E-state index >= 15 is 0 Å². The standard InChI is InChI=1S/C32H28F3N3O5S/c33-32(34,35)25-15-13-24(14-16-25)29(39)37-38(19-22-11-17-27(18-12-22)43-26-9-5-2-6-10-26)31(42)36-28(30(40)41)21-44-20-23-7-3-1-4-8-23/h1-18,28H,19-21H2,(H,36,42)(H,37,39)(H,40,41). The third-order valence-corrected chi connectivity index (χ3v) is 7.30. The summed E-state index contributed by atoms with van der Waals surface area (Å²) in [6.45, 7) is -0.187. The molecule has 0 bridgehead atoms. The molecule has 0 heterocycles. The van der Waals surface area contributed by atoms with Crippen molar-refractivity contribution in [2.75, 3.05) is 5.75 Å². The van der Waals surface area contributed by atoms with Gasteiger partial charge in [0.1, 0.15) is 17.5 Å². The number of thioether (sulfide) groups is 1. The number of hydrogen-bond acceptors (Lipinski definition) is 5. The Morgan fingerprint density at radius 3 is 1.98 bits per heavy atom. The van der Waals surface area contributed by atoms with Crippen molar-refractivity contribution in [2.24, 2.45) is 0 Å². The third kappa shape index (κ3) is 9.53. The Kier molecular flexibility index (Phi) is 10.9. The summed E-state index contributed by atoms with van der Waals surface area (Å²) < 4.78 is 44.7. The fraction of sp³-hybridized carbons (Fsp3) is 0.156. The Morgan fingerprint density at radius 2 is 1.39 bits per heavy atom. The second-order valence-corrected chi connectivity index (χ2v) is 10.5. The van der Waals surface area contributed by atoms with Gasteiger partial charge in [0.2, 0.25) is 0 Å². The molecule has 4 aromatic rings. The first-order chi connectivity index (χ1) is 21.1. The van der Waals surface area contributed by atoms with E-state index in [1.54, 1.807) is 36.4 Å². The highest BCUT2D eigenvalue weighted by atomic mass is 32.2. The van der Waals surface area contributed by atoms with Gasteiger partial charge in [-0.2, -0.15) is 24.9 Å². The lowest BCUT2D eigenvalue weighted by Gasteiger charge is -2.26. The van der Waals surface area contributed by atoms with Gasteiger partial charge in [0, 0.05) is 17.1 Å². The highest BCUT2D eigenvalue weighted by Gasteiger charge is 2.30. The van der Waals surface area contributed by atoms with E-state index in [4.69, 9.17) is 4.74 Å². The molecule has 3 N–H and O–H groups in total. The molecule has 0 aliphatic carbocycles. The van der Waals surface area contributed by atoms with Gasteiger partial charge in [-0.15, -0.1) is 0 Å². The van der Waals surface area contributed by atoms with Crippen LogP contribution in [-0.2, 0) is 23.3 Å². The van der Waals surface area contributed by atoms with Crippen LogP contribution in [-0.4, -0.2) is 39.8 Å². The molecule has 1 unspecified atom stereocenters. The molecule has 44 heavy (non-hydrogen) atoms. The lowest BCUT2D eigenvalue weighted by atomic mass is 10.1. The van der Waals surface area contributed by atoms with E-state index in [1.165, 1.54) is 11.8 Å². The van der Waals surface area contributed by atoms with E-state index in [-0.39, 0.29) is 17.9 Å². The molecule has 0 saturated carbocycles. The number of hydrogen-bond donors (Lipinski definition) is 3. The van der Waals surface area contributed by atoms with Gasteiger partial charge < -0.3 is 15.2 Å². The number of benzene rings is 4. The molecule has 0 aliphatic heterocycles. The van der Waals surface area contributed by atoms with Gasteiger partial charge >= 0.3 is 18.2 Å². The van der Waals surface area contributed by atoms with E-state index in [2.05, 4.69) is 10.7 Å². The number of alkyl halides is 3. The van der Waals surface area contributed by atoms with Crippen molar-refractivity contribution in [3.63, 3.8) is 0 Å². The topological polar surface area (TPSA) is 108 Å². The van der Waals surface area contributed by atoms with Crippen LogP contribution in [0.1, 0.15) is 27.0 Å². The maximum Gasteiger partial charge on any atom is 0.416 e. The first-order valence-corrected chi connectivity index (χ1v) is 14.5. The average Bonchev–Trinajstić information content (AvgIpc) is 3.01. The molecule has 1 atom stereocenters. The zero-order chi connectivity index (χ0) is 31.5. The highest BCUT2D eigenvalue weighted by Crippen LogP contribution is 2.29. The van der Waals surface area contributed by atoms with E-state index in [0.717, 1.165) is 34.8 Å². The number of urea groups is 1. The number of nitrogens with one attached hydrogen (secondary N) is 2. The largest absolute Gasteiger partial charge is 0.480 e. The minimum absolute atomic E-state index is 0.0438. The Bertz CT molecular complexity index is 1540. The number of para-hydroxylation sites is 1. The summed E-state index contributed by atoms with van der Waals surface area (Å²) in [5.74, 6) is -0.423. The number of hydrazine groups is 1. The van der Waals surface area contributed by atoms with Crippen LogP contribution < -0.4 is 15.5 Å². The van der Waals surface area contributed by atoms with Crippen LogP contribution in [0.2, 0.25) is 0 Å². The zero-order valence-corrected chi connectivity index (χ0v) is 24.0. The quantitative estimate of drug-likeness (QED) is 0.160. The molecule has 0 spiro atoms. The highest BCUT2D eigenvalue weighted by molar-refractivity contribution is 7.98. The summed E-state index contributed by atoms with van der Waals surface area (Å²) in [5, 5.41) is 13.1. The molecular formula is C32H28F3N3O5S. The maximum atomic E-state index is 13.3. The van der Waals surface area contributed by atoms with Crippen LogP contribution in [0.3, 0.4) is 0 Å². The summed E-state index contributed by atoms with van der Waals surface area (Å²) in [4.78, 5) is 38.2. The first kappa shape index (κ1) is 32.0. The second kappa shape index (κ2) is 15.0. The lowest BCUT2D eigenvalue weighted by molar-refractivity contribution is -0.139. The molecule has 0 radical (unpaired) electrons.